The fraction of sp³-hybridized carbons (Fsp3) is 0.333. The van der Waals surface area contributed by atoms with Gasteiger partial charge in [-0.3, -0.25) is 9.59 Å². The molecule has 29 heavy (non-hydrogen) atoms. The van der Waals surface area contributed by atoms with E-state index in [9.17, 15) is 9.59 Å². The summed E-state index contributed by atoms with van der Waals surface area (Å²) in [6.45, 7) is 4.98. The highest BCUT2D eigenvalue weighted by molar-refractivity contribution is 7.13. The second-order valence-corrected chi connectivity index (χ2v) is 8.15. The van der Waals surface area contributed by atoms with Crippen LogP contribution in [-0.4, -0.2) is 44.6 Å². The Bertz CT molecular complexity index is 1030. The van der Waals surface area contributed by atoms with E-state index in [-0.39, 0.29) is 17.7 Å². The van der Waals surface area contributed by atoms with E-state index in [0.29, 0.717) is 23.8 Å². The summed E-state index contributed by atoms with van der Waals surface area (Å²) >= 11 is 1.39. The van der Waals surface area contributed by atoms with Gasteiger partial charge in [-0.15, -0.1) is 11.3 Å². The summed E-state index contributed by atoms with van der Waals surface area (Å²) in [4.78, 5) is 31.6. The van der Waals surface area contributed by atoms with Crippen molar-refractivity contribution in [3.63, 3.8) is 0 Å². The maximum atomic E-state index is 13.2. The molecule has 0 radical (unpaired) electrons. The number of carbonyl (C=O) groups excluding carboxylic acids is 2. The van der Waals surface area contributed by atoms with Crippen LogP contribution in [-0.2, 0) is 4.79 Å². The monoisotopic (exact) mass is 409 g/mol. The maximum Gasteiger partial charge on any atom is 0.257 e. The number of rotatable bonds is 4. The van der Waals surface area contributed by atoms with E-state index in [1.807, 2.05) is 43.5 Å². The zero-order valence-corrected chi connectivity index (χ0v) is 17.3. The summed E-state index contributed by atoms with van der Waals surface area (Å²) in [6.07, 6.45) is 4.85. The summed E-state index contributed by atoms with van der Waals surface area (Å²) < 4.78 is 1.80. The molecular formula is C21H23N5O2S. The first-order valence-electron chi connectivity index (χ1n) is 9.65. The van der Waals surface area contributed by atoms with Crippen LogP contribution in [0, 0.1) is 19.8 Å². The van der Waals surface area contributed by atoms with Gasteiger partial charge in [0.25, 0.3) is 5.91 Å². The Kier molecular flexibility index (Phi) is 5.44. The molecule has 0 bridgehead atoms. The molecule has 1 aromatic carbocycles. The topological polar surface area (TPSA) is 80.1 Å². The van der Waals surface area contributed by atoms with Crippen LogP contribution in [0.25, 0.3) is 5.69 Å². The molecule has 0 spiro atoms. The molecule has 4 rings (SSSR count). The fourth-order valence-corrected chi connectivity index (χ4v) is 4.23. The van der Waals surface area contributed by atoms with Crippen LogP contribution in [0.1, 0.15) is 34.5 Å². The van der Waals surface area contributed by atoms with Crippen LogP contribution >= 0.6 is 11.3 Å². The second-order valence-electron chi connectivity index (χ2n) is 7.26. The van der Waals surface area contributed by atoms with Crippen molar-refractivity contribution in [3.8, 4) is 5.69 Å². The summed E-state index contributed by atoms with van der Waals surface area (Å²) in [7, 11) is 0. The standard InChI is InChI=1S/C21H23N5O2S/c1-14-6-3-4-8-18(14)26-15(2)17(12-23-26)20(28)25-10-5-7-16(13-25)19(27)24-21-22-9-11-29-21/h3-4,6,8-9,11-12,16H,5,7,10,13H2,1-2H3,(H,22,24,27). The Balaban J connectivity index is 1.49. The minimum absolute atomic E-state index is 0.0749. The molecule has 3 aromatic rings. The summed E-state index contributed by atoms with van der Waals surface area (Å²) in [5.74, 6) is -0.387. The lowest BCUT2D eigenvalue weighted by Crippen LogP contribution is -2.43. The lowest BCUT2D eigenvalue weighted by molar-refractivity contribution is -0.121. The summed E-state index contributed by atoms with van der Waals surface area (Å²) in [6, 6.07) is 7.95. The van der Waals surface area contributed by atoms with Crippen molar-refractivity contribution in [3.05, 3.63) is 58.9 Å². The molecule has 1 saturated heterocycles. The highest BCUT2D eigenvalue weighted by Crippen LogP contribution is 2.23. The number of nitrogens with zero attached hydrogens (tertiary/aromatic N) is 4. The molecule has 0 saturated carbocycles. The predicted octanol–water partition coefficient (Wildman–Crippen LogP) is 3.44. The van der Waals surface area contributed by atoms with Gasteiger partial charge in [0, 0.05) is 24.7 Å². The third-order valence-electron chi connectivity index (χ3n) is 5.33. The number of nitrogens with one attached hydrogen (secondary N) is 1. The number of benzene rings is 1. The minimum atomic E-state index is -0.233. The molecule has 1 aliphatic heterocycles. The Morgan fingerprint density at radius 1 is 1.24 bits per heavy atom. The average molecular weight is 410 g/mol. The van der Waals surface area contributed by atoms with Crippen molar-refractivity contribution in [2.45, 2.75) is 26.7 Å². The number of hydrogen-bond acceptors (Lipinski definition) is 5. The molecule has 7 nitrogen and oxygen atoms in total. The number of hydrogen-bond donors (Lipinski definition) is 1. The first kappa shape index (κ1) is 19.3. The molecule has 2 amide bonds. The van der Waals surface area contributed by atoms with Crippen LogP contribution in [0.5, 0.6) is 0 Å². The van der Waals surface area contributed by atoms with Crippen LogP contribution in [0.3, 0.4) is 0 Å². The van der Waals surface area contributed by atoms with Crippen LogP contribution < -0.4 is 5.32 Å². The van der Waals surface area contributed by atoms with Crippen molar-refractivity contribution in [1.82, 2.24) is 19.7 Å². The number of amides is 2. The average Bonchev–Trinajstić information content (AvgIpc) is 3.38. The molecule has 1 fully saturated rings. The molecule has 1 unspecified atom stereocenters. The molecule has 2 aromatic heterocycles. The van der Waals surface area contributed by atoms with E-state index < -0.39 is 0 Å². The van der Waals surface area contributed by atoms with E-state index in [4.69, 9.17) is 0 Å². The third-order valence-corrected chi connectivity index (χ3v) is 6.01. The van der Waals surface area contributed by atoms with Gasteiger partial charge in [-0.1, -0.05) is 18.2 Å². The fourth-order valence-electron chi connectivity index (χ4n) is 3.70. The van der Waals surface area contributed by atoms with Gasteiger partial charge in [0.2, 0.25) is 5.91 Å². The normalized spacial score (nSPS) is 16.6. The van der Waals surface area contributed by atoms with Crippen LogP contribution in [0.2, 0.25) is 0 Å². The van der Waals surface area contributed by atoms with E-state index in [2.05, 4.69) is 15.4 Å². The number of para-hydroxylation sites is 1. The molecule has 1 atom stereocenters. The van der Waals surface area contributed by atoms with Gasteiger partial charge >= 0.3 is 0 Å². The summed E-state index contributed by atoms with van der Waals surface area (Å²) in [5, 5.41) is 9.71. The van der Waals surface area contributed by atoms with Gasteiger partial charge in [0.15, 0.2) is 5.13 Å². The van der Waals surface area contributed by atoms with Gasteiger partial charge in [0.1, 0.15) is 0 Å². The minimum Gasteiger partial charge on any atom is -0.338 e. The molecule has 8 heteroatoms. The molecule has 1 aliphatic rings. The Labute approximate surface area is 173 Å². The lowest BCUT2D eigenvalue weighted by Gasteiger charge is -2.31. The number of aromatic nitrogens is 3. The smallest absolute Gasteiger partial charge is 0.257 e. The van der Waals surface area contributed by atoms with E-state index >= 15 is 0 Å². The largest absolute Gasteiger partial charge is 0.338 e. The van der Waals surface area contributed by atoms with E-state index in [0.717, 1.165) is 29.8 Å². The second kappa shape index (κ2) is 8.16. The van der Waals surface area contributed by atoms with Crippen LogP contribution in [0.15, 0.2) is 42.0 Å². The van der Waals surface area contributed by atoms with Gasteiger partial charge in [-0.05, 0) is 38.3 Å². The Hall–Kier alpha value is -3.00. The predicted molar refractivity (Wildman–Crippen MR) is 112 cm³/mol. The van der Waals surface area contributed by atoms with Gasteiger partial charge < -0.3 is 10.2 Å². The zero-order valence-electron chi connectivity index (χ0n) is 16.5. The quantitative estimate of drug-likeness (QED) is 0.716. The van der Waals surface area contributed by atoms with Gasteiger partial charge in [0.05, 0.1) is 29.1 Å². The van der Waals surface area contributed by atoms with Gasteiger partial charge in [-0.2, -0.15) is 5.10 Å². The molecule has 0 aliphatic carbocycles. The van der Waals surface area contributed by atoms with Crippen LogP contribution in [0.4, 0.5) is 5.13 Å². The van der Waals surface area contributed by atoms with E-state index in [1.54, 1.807) is 22.0 Å². The van der Waals surface area contributed by atoms with Crippen molar-refractivity contribution < 1.29 is 9.59 Å². The van der Waals surface area contributed by atoms with E-state index in [1.165, 1.54) is 11.3 Å². The summed E-state index contributed by atoms with van der Waals surface area (Å²) in [5.41, 5.74) is 3.44. The number of piperidine rings is 1. The molecule has 150 valence electrons. The zero-order chi connectivity index (χ0) is 20.4. The highest BCUT2D eigenvalue weighted by Gasteiger charge is 2.30. The lowest BCUT2D eigenvalue weighted by atomic mass is 9.96. The number of thiazole rings is 1. The number of aryl methyl sites for hydroxylation is 1. The number of likely N-dealkylation sites (tertiary alicyclic amines) is 1. The molecule has 3 heterocycles. The first-order chi connectivity index (χ1) is 14.0. The van der Waals surface area contributed by atoms with Gasteiger partial charge in [-0.25, -0.2) is 9.67 Å². The molecule has 1 N–H and O–H groups in total. The first-order valence-corrected chi connectivity index (χ1v) is 10.5. The SMILES string of the molecule is Cc1ccccc1-n1ncc(C(=O)N2CCCC(C(=O)Nc3nccs3)C2)c1C. The van der Waals surface area contributed by atoms with Crippen molar-refractivity contribution >= 4 is 28.3 Å². The highest BCUT2D eigenvalue weighted by atomic mass is 32.1. The van der Waals surface area contributed by atoms with Crippen molar-refractivity contribution in [1.29, 1.82) is 0 Å². The number of carbonyl (C=O) groups is 2. The Morgan fingerprint density at radius 2 is 2.07 bits per heavy atom. The maximum absolute atomic E-state index is 13.2. The number of anilines is 1. The van der Waals surface area contributed by atoms with Crippen molar-refractivity contribution in [2.75, 3.05) is 18.4 Å². The Morgan fingerprint density at radius 3 is 2.83 bits per heavy atom. The van der Waals surface area contributed by atoms with Crippen molar-refractivity contribution in [2.24, 2.45) is 5.92 Å². The molecular weight excluding hydrogens is 386 g/mol. The third kappa shape index (κ3) is 3.93.